The standard InChI is InChI=1S/C24H28N4O5S/c1-17-5-3-6-19(15-17)24-26-25-23(33-24)18(2)27-9-11-28(12-10-27)34(29,30)20-7-8-21-22(16-20)32-14-4-13-31-21/h3,5-8,15-16,18H,4,9-14H2,1-2H3/t18-/m1/s1. The average molecular weight is 485 g/mol. The molecule has 0 spiro atoms. The molecule has 0 bridgehead atoms. The summed E-state index contributed by atoms with van der Waals surface area (Å²) < 4.78 is 45.3. The lowest BCUT2D eigenvalue weighted by molar-refractivity contribution is 0.129. The van der Waals surface area contributed by atoms with E-state index in [4.69, 9.17) is 13.9 Å². The van der Waals surface area contributed by atoms with Crippen LogP contribution in [0.15, 0.2) is 51.8 Å². The van der Waals surface area contributed by atoms with Gasteiger partial charge in [-0.1, -0.05) is 17.7 Å². The molecular weight excluding hydrogens is 456 g/mol. The maximum Gasteiger partial charge on any atom is 0.247 e. The van der Waals surface area contributed by atoms with Crippen molar-refractivity contribution in [2.45, 2.75) is 31.2 Å². The van der Waals surface area contributed by atoms with E-state index in [1.807, 2.05) is 38.1 Å². The topological polar surface area (TPSA) is 98.0 Å². The molecule has 3 aromatic rings. The Morgan fingerprint density at radius 1 is 0.941 bits per heavy atom. The van der Waals surface area contributed by atoms with Crippen molar-refractivity contribution in [2.24, 2.45) is 0 Å². The van der Waals surface area contributed by atoms with Crippen molar-refractivity contribution in [1.82, 2.24) is 19.4 Å². The number of fused-ring (bicyclic) bond motifs is 1. The van der Waals surface area contributed by atoms with E-state index in [9.17, 15) is 8.42 Å². The van der Waals surface area contributed by atoms with Gasteiger partial charge in [0, 0.05) is 44.2 Å². The summed E-state index contributed by atoms with van der Waals surface area (Å²) in [6, 6.07) is 12.6. The van der Waals surface area contributed by atoms with Crippen LogP contribution in [0.4, 0.5) is 0 Å². The highest BCUT2D eigenvalue weighted by Crippen LogP contribution is 2.33. The zero-order chi connectivity index (χ0) is 23.7. The van der Waals surface area contributed by atoms with Crippen LogP contribution >= 0.6 is 0 Å². The predicted molar refractivity (Wildman–Crippen MR) is 125 cm³/mol. The molecule has 10 heteroatoms. The number of hydrogen-bond acceptors (Lipinski definition) is 8. The Balaban J connectivity index is 1.25. The summed E-state index contributed by atoms with van der Waals surface area (Å²) in [4.78, 5) is 2.38. The molecule has 0 amide bonds. The number of hydrogen-bond donors (Lipinski definition) is 0. The second-order valence-electron chi connectivity index (χ2n) is 8.59. The number of benzene rings is 2. The lowest BCUT2D eigenvalue weighted by Gasteiger charge is -2.36. The zero-order valence-corrected chi connectivity index (χ0v) is 20.1. The molecule has 34 heavy (non-hydrogen) atoms. The molecule has 9 nitrogen and oxygen atoms in total. The summed E-state index contributed by atoms with van der Waals surface area (Å²) in [5.74, 6) is 2.07. The fourth-order valence-electron chi connectivity index (χ4n) is 4.24. The zero-order valence-electron chi connectivity index (χ0n) is 19.3. The van der Waals surface area contributed by atoms with Crippen LogP contribution in [0, 0.1) is 6.92 Å². The smallest absolute Gasteiger partial charge is 0.247 e. The molecule has 1 saturated heterocycles. The van der Waals surface area contributed by atoms with E-state index in [-0.39, 0.29) is 10.9 Å². The molecule has 0 saturated carbocycles. The molecule has 2 aromatic carbocycles. The first kappa shape index (κ1) is 22.8. The van der Waals surface area contributed by atoms with E-state index in [1.165, 1.54) is 4.31 Å². The van der Waals surface area contributed by atoms with Gasteiger partial charge in [-0.15, -0.1) is 10.2 Å². The second kappa shape index (κ2) is 9.36. The molecule has 5 rings (SSSR count). The van der Waals surface area contributed by atoms with Crippen LogP contribution in [0.5, 0.6) is 11.5 Å². The third-order valence-corrected chi connectivity index (χ3v) is 8.14. The summed E-state index contributed by atoms with van der Waals surface area (Å²) in [7, 11) is -3.64. The first-order chi connectivity index (χ1) is 16.4. The summed E-state index contributed by atoms with van der Waals surface area (Å²) in [5.41, 5.74) is 2.01. The van der Waals surface area contributed by atoms with Crippen LogP contribution in [0.3, 0.4) is 0 Å². The van der Waals surface area contributed by atoms with E-state index in [0.717, 1.165) is 17.5 Å². The van der Waals surface area contributed by atoms with Gasteiger partial charge in [0.15, 0.2) is 11.5 Å². The van der Waals surface area contributed by atoms with Gasteiger partial charge < -0.3 is 13.9 Å². The molecule has 2 aliphatic rings. The molecule has 2 aliphatic heterocycles. The van der Waals surface area contributed by atoms with E-state index in [2.05, 4.69) is 15.1 Å². The van der Waals surface area contributed by atoms with Crippen LogP contribution in [0.1, 0.15) is 30.8 Å². The Hall–Kier alpha value is -2.95. The highest BCUT2D eigenvalue weighted by atomic mass is 32.2. The third-order valence-electron chi connectivity index (χ3n) is 6.24. The molecule has 1 atom stereocenters. The molecule has 0 radical (unpaired) electrons. The van der Waals surface area contributed by atoms with Gasteiger partial charge in [0.2, 0.25) is 21.8 Å². The Morgan fingerprint density at radius 2 is 1.71 bits per heavy atom. The fraction of sp³-hybridized carbons (Fsp3) is 0.417. The summed E-state index contributed by atoms with van der Waals surface area (Å²) in [6.45, 7) is 6.96. The molecule has 0 aliphatic carbocycles. The van der Waals surface area contributed by atoms with Crippen molar-refractivity contribution in [1.29, 1.82) is 0 Å². The second-order valence-corrected chi connectivity index (χ2v) is 10.5. The fourth-order valence-corrected chi connectivity index (χ4v) is 5.68. The number of ether oxygens (including phenoxy) is 2. The Labute approximate surface area is 199 Å². The van der Waals surface area contributed by atoms with Gasteiger partial charge >= 0.3 is 0 Å². The van der Waals surface area contributed by atoms with Crippen LogP contribution in [0.25, 0.3) is 11.5 Å². The number of rotatable bonds is 5. The van der Waals surface area contributed by atoms with Crippen molar-refractivity contribution in [3.8, 4) is 23.0 Å². The van der Waals surface area contributed by atoms with Gasteiger partial charge in [-0.3, -0.25) is 4.90 Å². The van der Waals surface area contributed by atoms with Crippen LogP contribution in [-0.2, 0) is 10.0 Å². The van der Waals surface area contributed by atoms with E-state index >= 15 is 0 Å². The van der Waals surface area contributed by atoms with Gasteiger partial charge in [-0.25, -0.2) is 8.42 Å². The maximum atomic E-state index is 13.3. The highest BCUT2D eigenvalue weighted by Gasteiger charge is 2.32. The predicted octanol–water partition coefficient (Wildman–Crippen LogP) is 3.27. The number of aryl methyl sites for hydroxylation is 1. The Morgan fingerprint density at radius 3 is 2.47 bits per heavy atom. The van der Waals surface area contributed by atoms with Crippen LogP contribution in [-0.4, -0.2) is 67.2 Å². The minimum absolute atomic E-state index is 0.117. The number of sulfonamides is 1. The maximum absolute atomic E-state index is 13.3. The van der Waals surface area contributed by atoms with Gasteiger partial charge in [-0.05, 0) is 38.1 Å². The molecular formula is C24H28N4O5S. The molecule has 0 unspecified atom stereocenters. The van der Waals surface area contributed by atoms with Crippen molar-refractivity contribution in [3.05, 3.63) is 53.9 Å². The molecule has 180 valence electrons. The monoisotopic (exact) mass is 484 g/mol. The first-order valence-corrected chi connectivity index (χ1v) is 12.9. The molecule has 3 heterocycles. The van der Waals surface area contributed by atoms with Crippen molar-refractivity contribution in [3.63, 3.8) is 0 Å². The Kier molecular flexibility index (Phi) is 6.28. The third kappa shape index (κ3) is 4.53. The Bertz CT molecular complexity index is 1270. The van der Waals surface area contributed by atoms with Gasteiger partial charge in [0.05, 0.1) is 24.2 Å². The minimum Gasteiger partial charge on any atom is -0.490 e. The van der Waals surface area contributed by atoms with Crippen molar-refractivity contribution < 1.29 is 22.3 Å². The minimum atomic E-state index is -3.64. The van der Waals surface area contributed by atoms with Crippen molar-refractivity contribution in [2.75, 3.05) is 39.4 Å². The van der Waals surface area contributed by atoms with E-state index < -0.39 is 10.0 Å². The van der Waals surface area contributed by atoms with Crippen LogP contribution in [0.2, 0.25) is 0 Å². The number of nitrogens with zero attached hydrogens (tertiary/aromatic N) is 4. The largest absolute Gasteiger partial charge is 0.490 e. The number of aromatic nitrogens is 2. The SMILES string of the molecule is Cc1cccc(-c2nnc([C@@H](C)N3CCN(S(=O)(=O)c4ccc5c(c4)OCCCO5)CC3)o2)c1. The molecule has 1 aromatic heterocycles. The summed E-state index contributed by atoms with van der Waals surface area (Å²) in [5, 5.41) is 8.45. The van der Waals surface area contributed by atoms with Crippen LogP contribution < -0.4 is 9.47 Å². The molecule has 1 fully saturated rings. The lowest BCUT2D eigenvalue weighted by Crippen LogP contribution is -2.49. The summed E-state index contributed by atoms with van der Waals surface area (Å²) in [6.07, 6.45) is 0.767. The first-order valence-electron chi connectivity index (χ1n) is 11.5. The van der Waals surface area contributed by atoms with Gasteiger partial charge in [0.25, 0.3) is 0 Å². The summed E-state index contributed by atoms with van der Waals surface area (Å²) >= 11 is 0. The lowest BCUT2D eigenvalue weighted by atomic mass is 10.1. The normalized spacial score (nSPS) is 18.4. The average Bonchev–Trinajstić information content (AvgIpc) is 3.22. The van der Waals surface area contributed by atoms with Crippen molar-refractivity contribution >= 4 is 10.0 Å². The van der Waals surface area contributed by atoms with E-state index in [0.29, 0.717) is 62.7 Å². The molecule has 0 N–H and O–H groups in total. The van der Waals surface area contributed by atoms with Gasteiger partial charge in [-0.2, -0.15) is 4.31 Å². The quantitative estimate of drug-likeness (QED) is 0.544. The number of piperazine rings is 1. The van der Waals surface area contributed by atoms with E-state index in [1.54, 1.807) is 18.2 Å². The highest BCUT2D eigenvalue weighted by molar-refractivity contribution is 7.89. The van der Waals surface area contributed by atoms with Gasteiger partial charge in [0.1, 0.15) is 0 Å².